The van der Waals surface area contributed by atoms with Crippen LogP contribution in [0.15, 0.2) is 17.0 Å². The van der Waals surface area contributed by atoms with Crippen LogP contribution in [-0.4, -0.2) is 19.5 Å². The smallest absolute Gasteiger partial charge is 0.337 e. The van der Waals surface area contributed by atoms with Crippen molar-refractivity contribution in [3.63, 3.8) is 0 Å². The van der Waals surface area contributed by atoms with Gasteiger partial charge in [-0.15, -0.1) is 0 Å². The molecule has 0 fully saturated rings. The van der Waals surface area contributed by atoms with E-state index in [0.29, 0.717) is 0 Å². The van der Waals surface area contributed by atoms with Gasteiger partial charge in [0.15, 0.2) is 0 Å². The third kappa shape index (κ3) is 2.28. The summed E-state index contributed by atoms with van der Waals surface area (Å²) in [5, 5.41) is 13.5. The van der Waals surface area contributed by atoms with Gasteiger partial charge in [-0.25, -0.2) is 18.4 Å². The molecule has 15 heavy (non-hydrogen) atoms. The van der Waals surface area contributed by atoms with Gasteiger partial charge in [-0.05, 0) is 24.6 Å². The third-order valence-electron chi connectivity index (χ3n) is 1.87. The number of carbonyl (C=O) groups is 1. The van der Waals surface area contributed by atoms with Gasteiger partial charge in [-0.2, -0.15) is 0 Å². The molecule has 3 N–H and O–H groups in total. The lowest BCUT2D eigenvalue weighted by Crippen LogP contribution is -2.14. The predicted octanol–water partition coefficient (Wildman–Crippen LogP) is 0.994. The first-order chi connectivity index (χ1) is 6.75. The van der Waals surface area contributed by atoms with E-state index in [9.17, 15) is 13.2 Å². The summed E-state index contributed by atoms with van der Waals surface area (Å²) < 4.78 is 22.1. The van der Waals surface area contributed by atoms with E-state index in [2.05, 4.69) is 0 Å². The van der Waals surface area contributed by atoms with E-state index < -0.39 is 16.0 Å². The molecule has 1 aromatic rings. The highest BCUT2D eigenvalue weighted by Crippen LogP contribution is 2.26. The number of rotatable bonds is 2. The minimum atomic E-state index is -3.88. The van der Waals surface area contributed by atoms with Crippen LogP contribution in [0.2, 0.25) is 5.02 Å². The molecule has 0 saturated carbocycles. The zero-order chi connectivity index (χ0) is 11.8. The van der Waals surface area contributed by atoms with Crippen molar-refractivity contribution < 1.29 is 18.3 Å². The number of benzene rings is 1. The third-order valence-corrected chi connectivity index (χ3v) is 3.42. The highest BCUT2D eigenvalue weighted by molar-refractivity contribution is 7.89. The molecular formula is C8H8ClNO4S. The zero-order valence-electron chi connectivity index (χ0n) is 7.69. The van der Waals surface area contributed by atoms with Crippen LogP contribution in [0.3, 0.4) is 0 Å². The molecule has 0 spiro atoms. The Morgan fingerprint density at radius 1 is 1.47 bits per heavy atom. The van der Waals surface area contributed by atoms with E-state index in [0.717, 1.165) is 12.1 Å². The van der Waals surface area contributed by atoms with Gasteiger partial charge < -0.3 is 5.11 Å². The van der Waals surface area contributed by atoms with Crippen LogP contribution >= 0.6 is 11.6 Å². The average molecular weight is 250 g/mol. The van der Waals surface area contributed by atoms with E-state index in [1.54, 1.807) is 0 Å². The monoisotopic (exact) mass is 249 g/mol. The van der Waals surface area contributed by atoms with Gasteiger partial charge in [-0.1, -0.05) is 11.6 Å². The maximum atomic E-state index is 11.1. The number of sulfonamides is 1. The SMILES string of the molecule is Cc1c(S(N)(=O)=O)ccc(C(=O)O)c1Cl. The Bertz CT molecular complexity index is 524. The largest absolute Gasteiger partial charge is 0.478 e. The summed E-state index contributed by atoms with van der Waals surface area (Å²) >= 11 is 5.70. The number of halogens is 1. The second-order valence-electron chi connectivity index (χ2n) is 2.90. The summed E-state index contributed by atoms with van der Waals surface area (Å²) in [7, 11) is -3.88. The Kier molecular flexibility index (Phi) is 3.03. The van der Waals surface area contributed by atoms with Crippen LogP contribution in [0, 0.1) is 6.92 Å². The highest BCUT2D eigenvalue weighted by Gasteiger charge is 2.18. The van der Waals surface area contributed by atoms with Crippen molar-refractivity contribution in [2.45, 2.75) is 11.8 Å². The molecule has 1 rings (SSSR count). The molecule has 0 aliphatic rings. The van der Waals surface area contributed by atoms with E-state index in [1.165, 1.54) is 6.92 Å². The number of aromatic carboxylic acids is 1. The molecule has 0 atom stereocenters. The Balaban J connectivity index is 3.55. The number of hydrogen-bond acceptors (Lipinski definition) is 3. The van der Waals surface area contributed by atoms with E-state index >= 15 is 0 Å². The van der Waals surface area contributed by atoms with E-state index in [1.807, 2.05) is 0 Å². The van der Waals surface area contributed by atoms with Crippen molar-refractivity contribution in [3.8, 4) is 0 Å². The molecule has 1 aromatic carbocycles. The molecule has 0 aliphatic heterocycles. The highest BCUT2D eigenvalue weighted by atomic mass is 35.5. The standard InChI is InChI=1S/C8H8ClNO4S/c1-4-6(15(10,13)14)3-2-5(7(4)9)8(11)12/h2-3H,1H3,(H,11,12)(H2,10,13,14). The lowest BCUT2D eigenvalue weighted by Gasteiger charge is -2.07. The molecule has 0 bridgehead atoms. The lowest BCUT2D eigenvalue weighted by atomic mass is 10.1. The van der Waals surface area contributed by atoms with Gasteiger partial charge in [-0.3, -0.25) is 0 Å². The lowest BCUT2D eigenvalue weighted by molar-refractivity contribution is 0.0697. The van der Waals surface area contributed by atoms with Crippen LogP contribution < -0.4 is 5.14 Å². The number of carboxylic acid groups (broad SMARTS) is 1. The summed E-state index contributed by atoms with van der Waals surface area (Å²) in [5.74, 6) is -1.22. The first-order valence-corrected chi connectivity index (χ1v) is 5.72. The second-order valence-corrected chi connectivity index (χ2v) is 4.81. The summed E-state index contributed by atoms with van der Waals surface area (Å²) in [4.78, 5) is 10.5. The molecule has 5 nitrogen and oxygen atoms in total. The zero-order valence-corrected chi connectivity index (χ0v) is 9.26. The molecule has 0 aromatic heterocycles. The van der Waals surface area contributed by atoms with Crippen LogP contribution in [0.1, 0.15) is 15.9 Å². The molecule has 7 heteroatoms. The van der Waals surface area contributed by atoms with Crippen molar-refractivity contribution in [1.29, 1.82) is 0 Å². The summed E-state index contributed by atoms with van der Waals surface area (Å²) in [6, 6.07) is 2.23. The average Bonchev–Trinajstić information content (AvgIpc) is 2.06. The molecule has 0 unspecified atom stereocenters. The molecule has 0 aliphatic carbocycles. The van der Waals surface area contributed by atoms with Gasteiger partial charge in [0.1, 0.15) is 0 Å². The molecule has 0 amide bonds. The number of carboxylic acids is 1. The maximum absolute atomic E-state index is 11.1. The fourth-order valence-corrected chi connectivity index (χ4v) is 2.23. The Morgan fingerprint density at radius 3 is 2.40 bits per heavy atom. The number of hydrogen-bond donors (Lipinski definition) is 2. The first kappa shape index (κ1) is 12.0. The van der Waals surface area contributed by atoms with Crippen LogP contribution in [0.25, 0.3) is 0 Å². The summed E-state index contributed by atoms with van der Waals surface area (Å²) in [5.41, 5.74) is -0.0133. The fourth-order valence-electron chi connectivity index (χ4n) is 1.14. The Morgan fingerprint density at radius 2 is 2.00 bits per heavy atom. The van der Waals surface area contributed by atoms with Crippen LogP contribution in [0.5, 0.6) is 0 Å². The quantitative estimate of drug-likeness (QED) is 0.817. The van der Waals surface area contributed by atoms with E-state index in [4.69, 9.17) is 21.8 Å². The van der Waals surface area contributed by atoms with Crippen LogP contribution in [-0.2, 0) is 10.0 Å². The van der Waals surface area contributed by atoms with Gasteiger partial charge >= 0.3 is 5.97 Å². The topological polar surface area (TPSA) is 97.5 Å². The predicted molar refractivity (Wildman–Crippen MR) is 54.5 cm³/mol. The first-order valence-electron chi connectivity index (χ1n) is 3.80. The fraction of sp³-hybridized carbons (Fsp3) is 0.125. The second kappa shape index (κ2) is 3.80. The minimum absolute atomic E-state index is 0.117. The van der Waals surface area contributed by atoms with Gasteiger partial charge in [0.05, 0.1) is 15.5 Å². The number of nitrogens with two attached hydrogens (primary N) is 1. The van der Waals surface area contributed by atoms with Crippen LogP contribution in [0.4, 0.5) is 0 Å². The molecule has 0 radical (unpaired) electrons. The maximum Gasteiger partial charge on any atom is 0.337 e. The summed E-state index contributed by atoms with van der Waals surface area (Å²) in [6.45, 7) is 1.40. The Labute approximate surface area is 91.5 Å². The minimum Gasteiger partial charge on any atom is -0.478 e. The van der Waals surface area contributed by atoms with E-state index in [-0.39, 0.29) is 21.0 Å². The molecular weight excluding hydrogens is 242 g/mol. The van der Waals surface area contributed by atoms with Crippen molar-refractivity contribution in [1.82, 2.24) is 0 Å². The normalized spacial score (nSPS) is 11.4. The van der Waals surface area contributed by atoms with Gasteiger partial charge in [0.25, 0.3) is 0 Å². The molecule has 0 heterocycles. The van der Waals surface area contributed by atoms with Gasteiger partial charge in [0.2, 0.25) is 10.0 Å². The molecule has 82 valence electrons. The summed E-state index contributed by atoms with van der Waals surface area (Å²) in [6.07, 6.45) is 0. The van der Waals surface area contributed by atoms with Crippen molar-refractivity contribution in [2.75, 3.05) is 0 Å². The van der Waals surface area contributed by atoms with Gasteiger partial charge in [0, 0.05) is 0 Å². The molecule has 0 saturated heterocycles. The van der Waals surface area contributed by atoms with Crippen molar-refractivity contribution in [3.05, 3.63) is 28.3 Å². The van der Waals surface area contributed by atoms with Crippen molar-refractivity contribution in [2.24, 2.45) is 5.14 Å². The van der Waals surface area contributed by atoms with Crippen molar-refractivity contribution >= 4 is 27.6 Å². The Hall–Kier alpha value is -1.11. The number of primary sulfonamides is 1.